The number of nitrogens with zero attached hydrogens (tertiary/aromatic N) is 2. The Kier molecular flexibility index (Phi) is 9.68. The summed E-state index contributed by atoms with van der Waals surface area (Å²) in [5.74, 6) is -2.07. The van der Waals surface area contributed by atoms with Gasteiger partial charge in [-0.3, -0.25) is 13.9 Å². The Morgan fingerprint density at radius 3 is 1.90 bits per heavy atom. The van der Waals surface area contributed by atoms with E-state index < -0.39 is 51.6 Å². The van der Waals surface area contributed by atoms with Crippen molar-refractivity contribution in [2.24, 2.45) is 0 Å². The van der Waals surface area contributed by atoms with Gasteiger partial charge in [0.25, 0.3) is 10.0 Å². The van der Waals surface area contributed by atoms with Crippen molar-refractivity contribution in [1.29, 1.82) is 0 Å². The molecule has 3 aromatic rings. The summed E-state index contributed by atoms with van der Waals surface area (Å²) in [5.41, 5.74) is 0.921. The van der Waals surface area contributed by atoms with Gasteiger partial charge in [-0.15, -0.1) is 0 Å². The van der Waals surface area contributed by atoms with E-state index in [4.69, 9.17) is 0 Å². The van der Waals surface area contributed by atoms with Crippen molar-refractivity contribution in [3.63, 3.8) is 0 Å². The molecule has 3 rings (SSSR count). The molecule has 7 nitrogen and oxygen atoms in total. The first-order chi connectivity index (χ1) is 18.7. The molecule has 0 aliphatic heterocycles. The minimum atomic E-state index is -4.26. The third kappa shape index (κ3) is 7.88. The zero-order chi connectivity index (χ0) is 29.7. The lowest BCUT2D eigenvalue weighted by Gasteiger charge is -2.34. The van der Waals surface area contributed by atoms with Crippen molar-refractivity contribution in [3.8, 4) is 0 Å². The highest BCUT2D eigenvalue weighted by Crippen LogP contribution is 2.25. The van der Waals surface area contributed by atoms with E-state index in [0.717, 1.165) is 22.0 Å². The molecular weight excluding hydrogens is 536 g/mol. The van der Waals surface area contributed by atoms with Crippen LogP contribution in [0.4, 0.5) is 14.5 Å². The van der Waals surface area contributed by atoms with Crippen LogP contribution in [0, 0.1) is 18.6 Å². The average Bonchev–Trinajstić information content (AvgIpc) is 2.88. The van der Waals surface area contributed by atoms with Gasteiger partial charge in [0.05, 0.1) is 10.6 Å². The van der Waals surface area contributed by atoms with Crippen LogP contribution in [0.25, 0.3) is 0 Å². The van der Waals surface area contributed by atoms with Gasteiger partial charge in [-0.1, -0.05) is 36.8 Å². The highest BCUT2D eigenvalue weighted by Gasteiger charge is 2.34. The number of carbonyl (C=O) groups is 2. The summed E-state index contributed by atoms with van der Waals surface area (Å²) in [6.45, 7) is 8.30. The van der Waals surface area contributed by atoms with Crippen LogP contribution in [-0.2, 0) is 26.2 Å². The molecule has 0 heterocycles. The molecule has 0 aromatic heterocycles. The van der Waals surface area contributed by atoms with Gasteiger partial charge in [-0.25, -0.2) is 17.2 Å². The normalized spacial score (nSPS) is 12.5. The number of anilines is 1. The van der Waals surface area contributed by atoms with E-state index in [9.17, 15) is 26.8 Å². The maximum absolute atomic E-state index is 14.0. The fraction of sp³-hybridized carbons (Fsp3) is 0.333. The van der Waals surface area contributed by atoms with Crippen LogP contribution in [0.5, 0.6) is 0 Å². The topological polar surface area (TPSA) is 86.8 Å². The number of halogens is 2. The Labute approximate surface area is 234 Å². The molecule has 0 saturated carbocycles. The molecule has 0 bridgehead atoms. The molecule has 0 aliphatic carbocycles. The molecule has 0 aliphatic rings. The van der Waals surface area contributed by atoms with Gasteiger partial charge >= 0.3 is 0 Å². The third-order valence-corrected chi connectivity index (χ3v) is 7.94. The number of benzene rings is 3. The summed E-state index contributed by atoms with van der Waals surface area (Å²) in [6, 6.07) is 15.5. The largest absolute Gasteiger partial charge is 0.350 e. The van der Waals surface area contributed by atoms with E-state index in [0.29, 0.717) is 5.56 Å². The number of nitrogens with one attached hydrogen (secondary N) is 1. The number of aryl methyl sites for hydroxylation is 1. The van der Waals surface area contributed by atoms with Crippen molar-refractivity contribution in [3.05, 3.63) is 95.6 Å². The summed E-state index contributed by atoms with van der Waals surface area (Å²) in [7, 11) is -4.26. The van der Waals surface area contributed by atoms with Gasteiger partial charge in [0, 0.05) is 12.1 Å². The fourth-order valence-corrected chi connectivity index (χ4v) is 5.55. The van der Waals surface area contributed by atoms with Crippen LogP contribution in [0.3, 0.4) is 0 Å². The zero-order valence-corrected chi connectivity index (χ0v) is 24.1. The molecule has 0 fully saturated rings. The van der Waals surface area contributed by atoms with E-state index >= 15 is 0 Å². The molecular formula is C30H35F2N3O4S. The van der Waals surface area contributed by atoms with Gasteiger partial charge in [-0.05, 0) is 88.2 Å². The van der Waals surface area contributed by atoms with E-state index in [1.807, 2.05) is 27.7 Å². The highest BCUT2D eigenvalue weighted by molar-refractivity contribution is 7.92. The number of hydrogen-bond acceptors (Lipinski definition) is 4. The molecule has 10 heteroatoms. The van der Waals surface area contributed by atoms with Crippen LogP contribution >= 0.6 is 0 Å². The summed E-state index contributed by atoms with van der Waals surface area (Å²) in [4.78, 5) is 28.5. The number of sulfonamides is 1. The Morgan fingerprint density at radius 1 is 0.875 bits per heavy atom. The minimum Gasteiger partial charge on any atom is -0.350 e. The summed E-state index contributed by atoms with van der Waals surface area (Å²) in [5, 5.41) is 2.89. The number of rotatable bonds is 10. The molecule has 214 valence electrons. The molecule has 40 heavy (non-hydrogen) atoms. The lowest BCUT2D eigenvalue weighted by molar-refractivity contribution is -0.141. The molecule has 1 unspecified atom stereocenters. The molecule has 0 saturated heterocycles. The summed E-state index contributed by atoms with van der Waals surface area (Å²) < 4.78 is 55.8. The molecule has 3 aromatic carbocycles. The van der Waals surface area contributed by atoms with Crippen LogP contribution < -0.4 is 9.62 Å². The second-order valence-electron chi connectivity index (χ2n) is 10.6. The maximum atomic E-state index is 14.0. The Morgan fingerprint density at radius 2 is 1.40 bits per heavy atom. The van der Waals surface area contributed by atoms with Crippen molar-refractivity contribution in [1.82, 2.24) is 10.2 Å². The van der Waals surface area contributed by atoms with Crippen molar-refractivity contribution in [2.75, 3.05) is 10.8 Å². The minimum absolute atomic E-state index is 0.0437. The fourth-order valence-electron chi connectivity index (χ4n) is 4.13. The molecule has 2 amide bonds. The Balaban J connectivity index is 2.06. The van der Waals surface area contributed by atoms with Gasteiger partial charge in [-0.2, -0.15) is 0 Å². The zero-order valence-electron chi connectivity index (χ0n) is 23.3. The second-order valence-corrected chi connectivity index (χ2v) is 12.5. The first-order valence-corrected chi connectivity index (χ1v) is 14.4. The quantitative estimate of drug-likeness (QED) is 0.363. The highest BCUT2D eigenvalue weighted by atomic mass is 32.2. The van der Waals surface area contributed by atoms with E-state index in [1.54, 1.807) is 19.1 Å². The lowest BCUT2D eigenvalue weighted by atomic mass is 10.1. The smallest absolute Gasteiger partial charge is 0.264 e. The van der Waals surface area contributed by atoms with Crippen LogP contribution in [0.2, 0.25) is 0 Å². The first kappa shape index (κ1) is 30.7. The van der Waals surface area contributed by atoms with E-state index in [1.165, 1.54) is 53.4 Å². The first-order valence-electron chi connectivity index (χ1n) is 12.9. The monoisotopic (exact) mass is 571 g/mol. The van der Waals surface area contributed by atoms with Gasteiger partial charge in [0.2, 0.25) is 11.8 Å². The molecule has 0 spiro atoms. The van der Waals surface area contributed by atoms with Crippen molar-refractivity contribution in [2.45, 2.75) is 64.1 Å². The van der Waals surface area contributed by atoms with E-state index in [2.05, 4.69) is 5.32 Å². The summed E-state index contributed by atoms with van der Waals surface area (Å²) in [6.07, 6.45) is 0.246. The van der Waals surface area contributed by atoms with Crippen molar-refractivity contribution >= 4 is 27.5 Å². The predicted molar refractivity (Wildman–Crippen MR) is 151 cm³/mol. The summed E-state index contributed by atoms with van der Waals surface area (Å²) >= 11 is 0. The maximum Gasteiger partial charge on any atom is 0.264 e. The lowest BCUT2D eigenvalue weighted by Crippen LogP contribution is -2.55. The number of hydrogen-bond donors (Lipinski definition) is 1. The molecule has 0 radical (unpaired) electrons. The van der Waals surface area contributed by atoms with Gasteiger partial charge in [0.1, 0.15) is 24.2 Å². The SMILES string of the molecule is CCC(C(=O)NC(C)(C)C)N(Cc1ccc(F)cc1)C(=O)CN(c1ccc(F)cc1)S(=O)(=O)c1ccc(C)cc1. The van der Waals surface area contributed by atoms with Crippen molar-refractivity contribution < 1.29 is 26.8 Å². The number of amides is 2. The van der Waals surface area contributed by atoms with E-state index in [-0.39, 0.29) is 23.5 Å². The molecule has 1 atom stereocenters. The second kappa shape index (κ2) is 12.6. The average molecular weight is 572 g/mol. The molecule has 1 N–H and O–H groups in total. The predicted octanol–water partition coefficient (Wildman–Crippen LogP) is 5.19. The standard InChI is InChI=1S/C30H35F2N3O4S/c1-6-27(29(37)33-30(3,4)5)34(19-22-9-11-23(31)12-10-22)28(36)20-35(25-15-13-24(32)14-16-25)40(38,39)26-17-7-21(2)8-18-26/h7-18,27H,6,19-20H2,1-5H3,(H,33,37). The Bertz CT molecular complexity index is 1420. The third-order valence-electron chi connectivity index (χ3n) is 6.15. The van der Waals surface area contributed by atoms with Crippen LogP contribution in [0.1, 0.15) is 45.2 Å². The van der Waals surface area contributed by atoms with Gasteiger partial charge < -0.3 is 10.2 Å². The Hall–Kier alpha value is -3.79. The number of carbonyl (C=O) groups excluding carboxylic acids is 2. The van der Waals surface area contributed by atoms with Gasteiger partial charge in [0.15, 0.2) is 0 Å². The van der Waals surface area contributed by atoms with Crippen LogP contribution in [-0.4, -0.2) is 43.3 Å². The van der Waals surface area contributed by atoms with Crippen LogP contribution in [0.15, 0.2) is 77.7 Å².